The summed E-state index contributed by atoms with van der Waals surface area (Å²) in [6.07, 6.45) is 2.54. The molecule has 10 heteroatoms. The van der Waals surface area contributed by atoms with Crippen LogP contribution in [0.5, 0.6) is 0 Å². The van der Waals surface area contributed by atoms with Crippen molar-refractivity contribution in [2.45, 2.75) is 32.1 Å². The fourth-order valence-corrected chi connectivity index (χ4v) is 3.20. The third kappa shape index (κ3) is 5.03. The van der Waals surface area contributed by atoms with Crippen LogP contribution in [0.2, 0.25) is 0 Å². The van der Waals surface area contributed by atoms with E-state index in [0.29, 0.717) is 19.2 Å². The van der Waals surface area contributed by atoms with Crippen LogP contribution >= 0.6 is 0 Å². The van der Waals surface area contributed by atoms with E-state index in [9.17, 15) is 22.8 Å². The molecule has 3 rings (SSSR count). The number of halogens is 3. The first kappa shape index (κ1) is 19.3. The predicted molar refractivity (Wildman–Crippen MR) is 91.2 cm³/mol. The van der Waals surface area contributed by atoms with Crippen molar-refractivity contribution in [3.63, 3.8) is 0 Å². The smallest absolute Gasteiger partial charge is 0.311 e. The number of nitrogens with zero attached hydrogens (tertiary/aromatic N) is 5. The Morgan fingerprint density at radius 1 is 1.07 bits per heavy atom. The number of hydrogen-bond donors (Lipinski definition) is 0. The fraction of sp³-hybridized carbons (Fsp3) is 0.529. The Labute approximate surface area is 153 Å². The maximum absolute atomic E-state index is 12.6. The van der Waals surface area contributed by atoms with Gasteiger partial charge in [0.25, 0.3) is 11.1 Å². The molecule has 0 bridgehead atoms. The molecule has 1 aliphatic rings. The van der Waals surface area contributed by atoms with Crippen molar-refractivity contribution in [3.8, 4) is 0 Å². The number of hydrogen-bond acceptors (Lipinski definition) is 5. The Morgan fingerprint density at radius 2 is 1.81 bits per heavy atom. The molecule has 0 spiro atoms. The van der Waals surface area contributed by atoms with Crippen molar-refractivity contribution in [3.05, 3.63) is 57.4 Å². The standard InChI is InChI=1S/C17H20F3N5O2/c18-17(19,20)14-9-15(26)25(12-22-14)11-13-1-4-23(5-2-13)7-8-24-6-3-21-10-16(24)27/h3,6,9-10,12-13H,1-2,4-5,7-8,11H2. The van der Waals surface area contributed by atoms with Gasteiger partial charge in [-0.05, 0) is 31.8 Å². The van der Waals surface area contributed by atoms with Gasteiger partial charge in [0.05, 0.1) is 12.5 Å². The Kier molecular flexibility index (Phi) is 5.73. The molecule has 0 amide bonds. The fourth-order valence-electron chi connectivity index (χ4n) is 3.20. The summed E-state index contributed by atoms with van der Waals surface area (Å²) in [6, 6.07) is 0.543. The lowest BCUT2D eigenvalue weighted by atomic mass is 9.96. The molecule has 1 saturated heterocycles. The molecule has 2 aromatic rings. The SMILES string of the molecule is O=c1cnccn1CCN1CCC(Cn2cnc(C(F)(F)F)cc2=O)CC1. The van der Waals surface area contributed by atoms with E-state index in [4.69, 9.17) is 0 Å². The molecule has 3 heterocycles. The first-order valence-electron chi connectivity index (χ1n) is 8.69. The Bertz CT molecular complexity index is 885. The lowest BCUT2D eigenvalue weighted by Gasteiger charge is -2.32. The Morgan fingerprint density at radius 3 is 2.44 bits per heavy atom. The molecule has 146 valence electrons. The van der Waals surface area contributed by atoms with E-state index in [2.05, 4.69) is 14.9 Å². The Balaban J connectivity index is 1.50. The van der Waals surface area contributed by atoms with Crippen molar-refractivity contribution >= 4 is 0 Å². The third-order valence-electron chi connectivity index (χ3n) is 4.79. The highest BCUT2D eigenvalue weighted by Gasteiger charge is 2.33. The normalized spacial score (nSPS) is 16.6. The highest BCUT2D eigenvalue weighted by Crippen LogP contribution is 2.26. The van der Waals surface area contributed by atoms with Crippen molar-refractivity contribution in [2.75, 3.05) is 19.6 Å². The topological polar surface area (TPSA) is 73.0 Å². The van der Waals surface area contributed by atoms with Gasteiger partial charge in [-0.2, -0.15) is 13.2 Å². The van der Waals surface area contributed by atoms with Crippen LogP contribution in [0.25, 0.3) is 0 Å². The second kappa shape index (κ2) is 8.03. The maximum atomic E-state index is 12.6. The van der Waals surface area contributed by atoms with Gasteiger partial charge in [0.1, 0.15) is 0 Å². The van der Waals surface area contributed by atoms with E-state index in [1.54, 1.807) is 17.0 Å². The molecular formula is C17H20F3N5O2. The molecule has 2 aromatic heterocycles. The average molecular weight is 383 g/mol. The van der Waals surface area contributed by atoms with E-state index < -0.39 is 17.4 Å². The molecule has 27 heavy (non-hydrogen) atoms. The van der Waals surface area contributed by atoms with Crippen LogP contribution in [0, 0.1) is 5.92 Å². The van der Waals surface area contributed by atoms with Crippen LogP contribution in [0.4, 0.5) is 13.2 Å². The van der Waals surface area contributed by atoms with Gasteiger partial charge in [-0.15, -0.1) is 0 Å². The number of aromatic nitrogens is 4. The van der Waals surface area contributed by atoms with Gasteiger partial charge in [-0.25, -0.2) is 4.98 Å². The van der Waals surface area contributed by atoms with Crippen molar-refractivity contribution < 1.29 is 13.2 Å². The van der Waals surface area contributed by atoms with Crippen LogP contribution in [-0.2, 0) is 19.3 Å². The minimum absolute atomic E-state index is 0.137. The number of piperidine rings is 1. The number of alkyl halides is 3. The highest BCUT2D eigenvalue weighted by atomic mass is 19.4. The van der Waals surface area contributed by atoms with E-state index in [0.717, 1.165) is 38.8 Å². The summed E-state index contributed by atoms with van der Waals surface area (Å²) < 4.78 is 40.6. The van der Waals surface area contributed by atoms with Gasteiger partial charge in [0, 0.05) is 38.1 Å². The second-order valence-corrected chi connectivity index (χ2v) is 6.66. The summed E-state index contributed by atoms with van der Waals surface area (Å²) in [6.45, 7) is 3.30. The predicted octanol–water partition coefficient (Wildman–Crippen LogP) is 1.23. The summed E-state index contributed by atoms with van der Waals surface area (Å²) in [5, 5.41) is 0. The average Bonchev–Trinajstić information content (AvgIpc) is 2.63. The zero-order valence-electron chi connectivity index (χ0n) is 14.6. The van der Waals surface area contributed by atoms with Crippen LogP contribution in [0.1, 0.15) is 18.5 Å². The molecule has 0 saturated carbocycles. The first-order chi connectivity index (χ1) is 12.8. The largest absolute Gasteiger partial charge is 0.433 e. The summed E-state index contributed by atoms with van der Waals surface area (Å²) in [4.78, 5) is 32.9. The molecule has 0 aromatic carbocycles. The number of likely N-dealkylation sites (tertiary alicyclic amines) is 1. The first-order valence-corrected chi connectivity index (χ1v) is 8.69. The van der Waals surface area contributed by atoms with E-state index in [1.165, 1.54) is 10.8 Å². The Hall–Kier alpha value is -2.49. The lowest BCUT2D eigenvalue weighted by molar-refractivity contribution is -0.141. The quantitative estimate of drug-likeness (QED) is 0.777. The van der Waals surface area contributed by atoms with E-state index >= 15 is 0 Å². The van der Waals surface area contributed by atoms with Crippen molar-refractivity contribution in [1.82, 2.24) is 24.0 Å². The minimum atomic E-state index is -4.61. The third-order valence-corrected chi connectivity index (χ3v) is 4.79. The zero-order chi connectivity index (χ0) is 19.4. The molecule has 0 unspecified atom stereocenters. The van der Waals surface area contributed by atoms with Crippen molar-refractivity contribution in [1.29, 1.82) is 0 Å². The van der Waals surface area contributed by atoms with Crippen molar-refractivity contribution in [2.24, 2.45) is 5.92 Å². The summed E-state index contributed by atoms with van der Waals surface area (Å²) in [7, 11) is 0. The van der Waals surface area contributed by atoms with Gasteiger partial charge in [0.2, 0.25) is 0 Å². The van der Waals surface area contributed by atoms with Gasteiger partial charge in [-0.1, -0.05) is 0 Å². The molecule has 0 N–H and O–H groups in total. The number of rotatable bonds is 5. The molecule has 0 aliphatic carbocycles. The molecular weight excluding hydrogens is 363 g/mol. The van der Waals surface area contributed by atoms with Crippen LogP contribution in [-0.4, -0.2) is 43.6 Å². The minimum Gasteiger partial charge on any atom is -0.311 e. The van der Waals surface area contributed by atoms with E-state index in [1.807, 2.05) is 0 Å². The highest BCUT2D eigenvalue weighted by molar-refractivity contribution is 5.03. The summed E-state index contributed by atoms with van der Waals surface area (Å²) >= 11 is 0. The van der Waals surface area contributed by atoms with Gasteiger partial charge in [-0.3, -0.25) is 19.1 Å². The zero-order valence-corrected chi connectivity index (χ0v) is 14.6. The summed E-state index contributed by atoms with van der Waals surface area (Å²) in [5.41, 5.74) is -1.98. The van der Waals surface area contributed by atoms with Gasteiger partial charge < -0.3 is 9.47 Å². The van der Waals surface area contributed by atoms with Crippen LogP contribution < -0.4 is 11.1 Å². The monoisotopic (exact) mass is 383 g/mol. The molecule has 1 fully saturated rings. The van der Waals surface area contributed by atoms with Crippen LogP contribution in [0.3, 0.4) is 0 Å². The second-order valence-electron chi connectivity index (χ2n) is 6.66. The van der Waals surface area contributed by atoms with E-state index in [-0.39, 0.29) is 11.5 Å². The molecule has 0 atom stereocenters. The maximum Gasteiger partial charge on any atom is 0.433 e. The molecule has 7 nitrogen and oxygen atoms in total. The van der Waals surface area contributed by atoms with Gasteiger partial charge >= 0.3 is 6.18 Å². The summed E-state index contributed by atoms with van der Waals surface area (Å²) in [5.74, 6) is 0.209. The lowest BCUT2D eigenvalue weighted by Crippen LogP contribution is -2.39. The molecule has 1 aliphatic heterocycles. The molecule has 0 radical (unpaired) electrons. The van der Waals surface area contributed by atoms with Gasteiger partial charge in [0.15, 0.2) is 5.69 Å². The van der Waals surface area contributed by atoms with Crippen LogP contribution in [0.15, 0.2) is 40.6 Å².